The third-order valence-electron chi connectivity index (χ3n) is 4.72. The Bertz CT molecular complexity index is 996. The number of pyridine rings is 1. The lowest BCUT2D eigenvalue weighted by Gasteiger charge is -2.14. The molecule has 0 spiro atoms. The van der Waals surface area contributed by atoms with E-state index in [1.54, 1.807) is 0 Å². The molecule has 144 valence electrons. The van der Waals surface area contributed by atoms with Gasteiger partial charge in [-0.1, -0.05) is 13.0 Å². The molecule has 1 unspecified atom stereocenters. The summed E-state index contributed by atoms with van der Waals surface area (Å²) >= 11 is 0. The lowest BCUT2D eigenvalue weighted by atomic mass is 9.98. The highest BCUT2D eigenvalue weighted by atomic mass is 16.5. The molecule has 2 aromatic carbocycles. The van der Waals surface area contributed by atoms with E-state index in [-0.39, 0.29) is 12.0 Å². The minimum Gasteiger partial charge on any atom is -0.491 e. The number of aliphatic imine (C=N–C) groups is 1. The Morgan fingerprint density at radius 2 is 1.71 bits per heavy atom. The minimum absolute atomic E-state index is 0.151. The van der Waals surface area contributed by atoms with Crippen molar-refractivity contribution in [2.45, 2.75) is 32.8 Å². The Hall–Kier alpha value is -3.08. The van der Waals surface area contributed by atoms with Gasteiger partial charge in [-0.15, -0.1) is 0 Å². The second-order valence-electron chi connectivity index (χ2n) is 7.26. The summed E-state index contributed by atoms with van der Waals surface area (Å²) in [7, 11) is 0. The highest BCUT2D eigenvalue weighted by Crippen LogP contribution is 2.27. The van der Waals surface area contributed by atoms with Gasteiger partial charge in [0.2, 0.25) is 5.88 Å². The minimum atomic E-state index is 0.151. The zero-order valence-corrected chi connectivity index (χ0v) is 16.5. The average molecular weight is 375 g/mol. The van der Waals surface area contributed by atoms with Crippen LogP contribution in [0.4, 0.5) is 0 Å². The highest BCUT2D eigenvalue weighted by Gasteiger charge is 2.16. The fraction of sp³-hybridized carbons (Fsp3) is 0.304. The highest BCUT2D eigenvalue weighted by molar-refractivity contribution is 5.91. The van der Waals surface area contributed by atoms with Gasteiger partial charge in [0.15, 0.2) is 0 Å². The van der Waals surface area contributed by atoms with Gasteiger partial charge in [-0.05, 0) is 61.9 Å². The number of amidine groups is 1. The number of nitrogens with one attached hydrogen (secondary N) is 1. The maximum absolute atomic E-state index is 5.91. The summed E-state index contributed by atoms with van der Waals surface area (Å²) in [5, 5.41) is 4.45. The molecule has 1 aliphatic heterocycles. The lowest BCUT2D eigenvalue weighted by Crippen LogP contribution is -2.23. The fourth-order valence-corrected chi connectivity index (χ4v) is 3.29. The third kappa shape index (κ3) is 4.09. The number of hydrogen-bond donors (Lipinski definition) is 1. The Labute approximate surface area is 165 Å². The number of nitrogens with zero attached hydrogens (tertiary/aromatic N) is 2. The van der Waals surface area contributed by atoms with E-state index in [1.807, 2.05) is 56.3 Å². The molecule has 3 aromatic rings. The van der Waals surface area contributed by atoms with Crippen LogP contribution in [0.1, 0.15) is 32.3 Å². The van der Waals surface area contributed by atoms with Crippen molar-refractivity contribution in [1.82, 2.24) is 10.3 Å². The van der Waals surface area contributed by atoms with Crippen molar-refractivity contribution in [3.63, 3.8) is 0 Å². The van der Waals surface area contributed by atoms with Crippen molar-refractivity contribution < 1.29 is 9.47 Å². The molecule has 2 heterocycles. The van der Waals surface area contributed by atoms with Crippen LogP contribution < -0.4 is 14.8 Å². The molecule has 1 aromatic heterocycles. The lowest BCUT2D eigenvalue weighted by molar-refractivity contribution is 0.242. The first kappa shape index (κ1) is 18.3. The topological polar surface area (TPSA) is 55.7 Å². The summed E-state index contributed by atoms with van der Waals surface area (Å²) in [6, 6.07) is 17.9. The molecule has 5 heteroatoms. The van der Waals surface area contributed by atoms with Gasteiger partial charge in [-0.2, -0.15) is 0 Å². The Morgan fingerprint density at radius 1 is 0.929 bits per heavy atom. The van der Waals surface area contributed by atoms with E-state index in [4.69, 9.17) is 9.47 Å². The zero-order chi connectivity index (χ0) is 19.5. The SMILES string of the molecule is CC(C)Oc1ccc(Oc2ccc3cc(C(C)C4=NCCN4)ccc3n2)cc1. The van der Waals surface area contributed by atoms with Crippen LogP contribution in [0.3, 0.4) is 0 Å². The largest absolute Gasteiger partial charge is 0.491 e. The monoisotopic (exact) mass is 375 g/mol. The molecule has 0 aliphatic carbocycles. The normalized spacial score (nSPS) is 14.6. The predicted molar refractivity (Wildman–Crippen MR) is 113 cm³/mol. The fourth-order valence-electron chi connectivity index (χ4n) is 3.29. The van der Waals surface area contributed by atoms with Crippen LogP contribution in [0.5, 0.6) is 17.4 Å². The van der Waals surface area contributed by atoms with E-state index in [0.717, 1.165) is 41.3 Å². The van der Waals surface area contributed by atoms with Crippen molar-refractivity contribution in [2.75, 3.05) is 13.1 Å². The van der Waals surface area contributed by atoms with Crippen LogP contribution in [-0.2, 0) is 0 Å². The summed E-state index contributed by atoms with van der Waals surface area (Å²) in [5.41, 5.74) is 2.14. The summed E-state index contributed by atoms with van der Waals surface area (Å²) in [4.78, 5) is 9.18. The summed E-state index contributed by atoms with van der Waals surface area (Å²) in [5.74, 6) is 3.47. The number of hydrogen-bond acceptors (Lipinski definition) is 5. The number of ether oxygens (including phenoxy) is 2. The van der Waals surface area contributed by atoms with Gasteiger partial charge in [0.05, 0.1) is 18.2 Å². The van der Waals surface area contributed by atoms with Crippen molar-refractivity contribution in [1.29, 1.82) is 0 Å². The summed E-state index contributed by atoms with van der Waals surface area (Å²) < 4.78 is 11.6. The summed E-state index contributed by atoms with van der Waals surface area (Å²) in [6.07, 6.45) is 0.151. The smallest absolute Gasteiger partial charge is 0.219 e. The molecule has 0 radical (unpaired) electrons. The van der Waals surface area contributed by atoms with Crippen molar-refractivity contribution >= 4 is 16.7 Å². The molecule has 0 amide bonds. The Kier molecular flexibility index (Phi) is 5.15. The molecular formula is C23H25N3O2. The van der Waals surface area contributed by atoms with Gasteiger partial charge in [-0.3, -0.25) is 4.99 Å². The second kappa shape index (κ2) is 7.89. The van der Waals surface area contributed by atoms with Gasteiger partial charge in [0, 0.05) is 23.9 Å². The van der Waals surface area contributed by atoms with Crippen LogP contribution in [0.15, 0.2) is 59.6 Å². The standard InChI is InChI=1S/C23H25N3O2/c1-15(2)27-19-6-8-20(9-7-19)28-22-11-5-18-14-17(4-10-21(18)26-22)16(3)23-24-12-13-25-23/h4-11,14-16H,12-13H2,1-3H3,(H,24,25). The number of rotatable bonds is 6. The Balaban J connectivity index is 1.51. The van der Waals surface area contributed by atoms with E-state index < -0.39 is 0 Å². The van der Waals surface area contributed by atoms with Gasteiger partial charge >= 0.3 is 0 Å². The summed E-state index contributed by atoms with van der Waals surface area (Å²) in [6.45, 7) is 7.98. The van der Waals surface area contributed by atoms with Crippen LogP contribution in [0.2, 0.25) is 0 Å². The molecule has 0 fully saturated rings. The first-order valence-corrected chi connectivity index (χ1v) is 9.72. The molecule has 1 N–H and O–H groups in total. The van der Waals surface area contributed by atoms with Gasteiger partial charge in [0.25, 0.3) is 0 Å². The van der Waals surface area contributed by atoms with E-state index in [0.29, 0.717) is 5.88 Å². The molecule has 0 saturated carbocycles. The first-order valence-electron chi connectivity index (χ1n) is 9.72. The number of fused-ring (bicyclic) bond motifs is 1. The maximum Gasteiger partial charge on any atom is 0.219 e. The quantitative estimate of drug-likeness (QED) is 0.664. The number of benzene rings is 2. The van der Waals surface area contributed by atoms with Gasteiger partial charge in [-0.25, -0.2) is 4.98 Å². The van der Waals surface area contributed by atoms with Crippen LogP contribution in [0, 0.1) is 0 Å². The third-order valence-corrected chi connectivity index (χ3v) is 4.72. The van der Waals surface area contributed by atoms with Gasteiger partial charge < -0.3 is 14.8 Å². The number of aromatic nitrogens is 1. The van der Waals surface area contributed by atoms with Crippen LogP contribution in [0.25, 0.3) is 10.9 Å². The van der Waals surface area contributed by atoms with Crippen molar-refractivity contribution in [3.05, 3.63) is 60.2 Å². The molecule has 5 nitrogen and oxygen atoms in total. The molecular weight excluding hydrogens is 350 g/mol. The predicted octanol–water partition coefficient (Wildman–Crippen LogP) is 4.92. The molecule has 28 heavy (non-hydrogen) atoms. The molecule has 4 rings (SSSR count). The van der Waals surface area contributed by atoms with Crippen LogP contribution in [-0.4, -0.2) is 30.0 Å². The van der Waals surface area contributed by atoms with Crippen LogP contribution >= 0.6 is 0 Å². The molecule has 1 aliphatic rings. The molecule has 0 bridgehead atoms. The Morgan fingerprint density at radius 3 is 2.43 bits per heavy atom. The van der Waals surface area contributed by atoms with Crippen molar-refractivity contribution in [2.24, 2.45) is 4.99 Å². The molecule has 0 saturated heterocycles. The van der Waals surface area contributed by atoms with E-state index >= 15 is 0 Å². The second-order valence-corrected chi connectivity index (χ2v) is 7.26. The molecule has 1 atom stereocenters. The van der Waals surface area contributed by atoms with E-state index in [9.17, 15) is 0 Å². The average Bonchev–Trinajstić information content (AvgIpc) is 3.23. The zero-order valence-electron chi connectivity index (χ0n) is 16.5. The van der Waals surface area contributed by atoms with E-state index in [1.165, 1.54) is 5.56 Å². The maximum atomic E-state index is 5.91. The van der Waals surface area contributed by atoms with Gasteiger partial charge in [0.1, 0.15) is 17.3 Å². The van der Waals surface area contributed by atoms with Crippen molar-refractivity contribution in [3.8, 4) is 17.4 Å². The van der Waals surface area contributed by atoms with E-state index in [2.05, 4.69) is 34.3 Å². The first-order chi connectivity index (χ1) is 13.6.